The zero-order chi connectivity index (χ0) is 11.6. The molecule has 0 spiro atoms. The van der Waals surface area contributed by atoms with Gasteiger partial charge in [0.15, 0.2) is 0 Å². The van der Waals surface area contributed by atoms with Crippen LogP contribution in [0.25, 0.3) is 0 Å². The average Bonchev–Trinajstić information content (AvgIpc) is 2.76. The van der Waals surface area contributed by atoms with Crippen molar-refractivity contribution in [3.63, 3.8) is 0 Å². The standard InChI is InChI=1S/C12H21N3O/c1-2-3-4-5-6-7-8-12(16)14-11-9-10-13-15-11/h9-10H,2-8H2,1H3,(H2,13,14,15,16). The lowest BCUT2D eigenvalue weighted by molar-refractivity contribution is -0.116. The van der Waals surface area contributed by atoms with Gasteiger partial charge in [-0.25, -0.2) is 0 Å². The second-order valence-corrected chi connectivity index (χ2v) is 4.04. The molecule has 0 radical (unpaired) electrons. The van der Waals surface area contributed by atoms with Crippen molar-refractivity contribution in [2.24, 2.45) is 0 Å². The van der Waals surface area contributed by atoms with Gasteiger partial charge in [-0.05, 0) is 6.42 Å². The molecule has 1 rings (SSSR count). The number of hydrogen-bond donors (Lipinski definition) is 2. The summed E-state index contributed by atoms with van der Waals surface area (Å²) in [5.74, 6) is 0.746. The summed E-state index contributed by atoms with van der Waals surface area (Å²) >= 11 is 0. The molecule has 0 unspecified atom stereocenters. The van der Waals surface area contributed by atoms with Gasteiger partial charge in [0.1, 0.15) is 5.82 Å². The van der Waals surface area contributed by atoms with Gasteiger partial charge in [-0.2, -0.15) is 5.10 Å². The van der Waals surface area contributed by atoms with Crippen LogP contribution in [-0.4, -0.2) is 16.1 Å². The molecule has 2 N–H and O–H groups in total. The molecule has 0 aliphatic rings. The number of anilines is 1. The molecule has 0 saturated heterocycles. The van der Waals surface area contributed by atoms with Gasteiger partial charge in [0.05, 0.1) is 6.20 Å². The summed E-state index contributed by atoms with van der Waals surface area (Å²) < 4.78 is 0. The highest BCUT2D eigenvalue weighted by molar-refractivity contribution is 5.89. The fraction of sp³-hybridized carbons (Fsp3) is 0.667. The van der Waals surface area contributed by atoms with E-state index in [9.17, 15) is 4.79 Å². The van der Waals surface area contributed by atoms with E-state index in [0.717, 1.165) is 12.8 Å². The predicted molar refractivity (Wildman–Crippen MR) is 65.2 cm³/mol. The molecule has 1 amide bonds. The van der Waals surface area contributed by atoms with Crippen LogP contribution in [0.2, 0.25) is 0 Å². The van der Waals surface area contributed by atoms with Gasteiger partial charge in [0, 0.05) is 12.5 Å². The zero-order valence-corrected chi connectivity index (χ0v) is 9.96. The number of carbonyl (C=O) groups is 1. The Morgan fingerprint density at radius 2 is 2.06 bits per heavy atom. The topological polar surface area (TPSA) is 57.8 Å². The van der Waals surface area contributed by atoms with E-state index in [-0.39, 0.29) is 5.91 Å². The van der Waals surface area contributed by atoms with Gasteiger partial charge < -0.3 is 5.32 Å². The fourth-order valence-electron chi connectivity index (χ4n) is 1.60. The molecular formula is C12H21N3O. The molecule has 90 valence electrons. The van der Waals surface area contributed by atoms with Crippen LogP contribution in [0.3, 0.4) is 0 Å². The number of amides is 1. The summed E-state index contributed by atoms with van der Waals surface area (Å²) in [7, 11) is 0. The van der Waals surface area contributed by atoms with E-state index in [1.165, 1.54) is 25.7 Å². The summed E-state index contributed by atoms with van der Waals surface area (Å²) in [4.78, 5) is 11.4. The van der Waals surface area contributed by atoms with Gasteiger partial charge >= 0.3 is 0 Å². The van der Waals surface area contributed by atoms with E-state index in [2.05, 4.69) is 22.4 Å². The van der Waals surface area contributed by atoms with E-state index in [0.29, 0.717) is 12.2 Å². The maximum absolute atomic E-state index is 11.4. The highest BCUT2D eigenvalue weighted by Gasteiger charge is 2.02. The van der Waals surface area contributed by atoms with Gasteiger partial charge in [-0.15, -0.1) is 0 Å². The highest BCUT2D eigenvalue weighted by Crippen LogP contribution is 2.08. The second-order valence-electron chi connectivity index (χ2n) is 4.04. The van der Waals surface area contributed by atoms with Crippen molar-refractivity contribution in [3.8, 4) is 0 Å². The summed E-state index contributed by atoms with van der Waals surface area (Å²) in [5, 5.41) is 9.24. The first kappa shape index (κ1) is 12.7. The van der Waals surface area contributed by atoms with Crippen LogP contribution >= 0.6 is 0 Å². The minimum atomic E-state index is 0.0692. The number of rotatable bonds is 8. The van der Waals surface area contributed by atoms with E-state index >= 15 is 0 Å². The predicted octanol–water partition coefficient (Wildman–Crippen LogP) is 3.10. The van der Waals surface area contributed by atoms with Crippen molar-refractivity contribution in [1.82, 2.24) is 10.2 Å². The molecular weight excluding hydrogens is 202 g/mol. The molecule has 0 fully saturated rings. The van der Waals surface area contributed by atoms with Crippen molar-refractivity contribution in [3.05, 3.63) is 12.3 Å². The van der Waals surface area contributed by atoms with Crippen LogP contribution in [0, 0.1) is 0 Å². The quantitative estimate of drug-likeness (QED) is 0.665. The van der Waals surface area contributed by atoms with E-state index in [1.54, 1.807) is 12.3 Å². The number of unbranched alkanes of at least 4 members (excludes halogenated alkanes) is 5. The Morgan fingerprint density at radius 1 is 1.31 bits per heavy atom. The van der Waals surface area contributed by atoms with Crippen LogP contribution in [0.5, 0.6) is 0 Å². The van der Waals surface area contributed by atoms with Gasteiger partial charge in [-0.3, -0.25) is 9.89 Å². The number of aromatic amines is 1. The molecule has 4 heteroatoms. The minimum absolute atomic E-state index is 0.0692. The van der Waals surface area contributed by atoms with Crippen molar-refractivity contribution < 1.29 is 4.79 Å². The smallest absolute Gasteiger partial charge is 0.225 e. The molecule has 1 aromatic heterocycles. The van der Waals surface area contributed by atoms with Gasteiger partial charge in [0.25, 0.3) is 0 Å². The Labute approximate surface area is 96.8 Å². The number of aromatic nitrogens is 2. The number of nitrogens with zero attached hydrogens (tertiary/aromatic N) is 1. The highest BCUT2D eigenvalue weighted by atomic mass is 16.1. The van der Waals surface area contributed by atoms with Crippen LogP contribution in [0.4, 0.5) is 5.82 Å². The number of hydrogen-bond acceptors (Lipinski definition) is 2. The Kier molecular flexibility index (Phi) is 6.30. The van der Waals surface area contributed by atoms with Crippen LogP contribution in [0.15, 0.2) is 12.3 Å². The third-order valence-electron chi connectivity index (χ3n) is 2.53. The molecule has 1 heterocycles. The third kappa shape index (κ3) is 5.53. The monoisotopic (exact) mass is 223 g/mol. The Bertz CT molecular complexity index is 282. The molecule has 0 aliphatic heterocycles. The normalized spacial score (nSPS) is 10.3. The summed E-state index contributed by atoms with van der Waals surface area (Å²) in [6.45, 7) is 2.21. The molecule has 0 saturated carbocycles. The van der Waals surface area contributed by atoms with Crippen molar-refractivity contribution in [2.75, 3.05) is 5.32 Å². The average molecular weight is 223 g/mol. The van der Waals surface area contributed by atoms with E-state index < -0.39 is 0 Å². The second kappa shape index (κ2) is 7.91. The maximum Gasteiger partial charge on any atom is 0.225 e. The van der Waals surface area contributed by atoms with Crippen molar-refractivity contribution in [1.29, 1.82) is 0 Å². The molecule has 0 bridgehead atoms. The minimum Gasteiger partial charge on any atom is -0.311 e. The first-order valence-electron chi connectivity index (χ1n) is 6.12. The van der Waals surface area contributed by atoms with Crippen LogP contribution in [-0.2, 0) is 4.79 Å². The summed E-state index contributed by atoms with van der Waals surface area (Å²) in [6, 6.07) is 1.75. The van der Waals surface area contributed by atoms with Crippen molar-refractivity contribution >= 4 is 11.7 Å². The van der Waals surface area contributed by atoms with Gasteiger partial charge in [0.2, 0.25) is 5.91 Å². The maximum atomic E-state index is 11.4. The molecule has 1 aromatic rings. The largest absolute Gasteiger partial charge is 0.311 e. The summed E-state index contributed by atoms with van der Waals surface area (Å²) in [5.41, 5.74) is 0. The lowest BCUT2D eigenvalue weighted by atomic mass is 10.1. The first-order chi connectivity index (χ1) is 7.83. The molecule has 4 nitrogen and oxygen atoms in total. The first-order valence-corrected chi connectivity index (χ1v) is 6.12. The SMILES string of the molecule is CCCCCCCCC(=O)Nc1ccn[nH]1. The lowest BCUT2D eigenvalue weighted by Gasteiger charge is -2.02. The van der Waals surface area contributed by atoms with Gasteiger partial charge in [-0.1, -0.05) is 39.0 Å². The Morgan fingerprint density at radius 3 is 2.75 bits per heavy atom. The third-order valence-corrected chi connectivity index (χ3v) is 2.53. The van der Waals surface area contributed by atoms with Crippen LogP contribution < -0.4 is 5.32 Å². The van der Waals surface area contributed by atoms with Crippen molar-refractivity contribution in [2.45, 2.75) is 51.9 Å². The molecule has 16 heavy (non-hydrogen) atoms. The van der Waals surface area contributed by atoms with E-state index in [4.69, 9.17) is 0 Å². The fourth-order valence-corrected chi connectivity index (χ4v) is 1.60. The van der Waals surface area contributed by atoms with E-state index in [1.807, 2.05) is 0 Å². The number of nitrogens with one attached hydrogen (secondary N) is 2. The Balaban J connectivity index is 1.98. The summed E-state index contributed by atoms with van der Waals surface area (Å²) in [6.07, 6.45) is 9.45. The van der Waals surface area contributed by atoms with Crippen LogP contribution in [0.1, 0.15) is 51.9 Å². The number of carbonyl (C=O) groups excluding carboxylic acids is 1. The molecule has 0 aromatic carbocycles. The molecule has 0 aliphatic carbocycles. The Hall–Kier alpha value is -1.32. The lowest BCUT2D eigenvalue weighted by Crippen LogP contribution is -2.11. The number of H-pyrrole nitrogens is 1. The zero-order valence-electron chi connectivity index (χ0n) is 9.96. The molecule has 0 atom stereocenters.